The number of nitrogens with two attached hydrogens (primary N) is 1. The maximum Gasteiger partial charge on any atom is 0.417 e. The molecule has 168 valence electrons. The topological polar surface area (TPSA) is 117 Å². The van der Waals surface area contributed by atoms with Crippen molar-refractivity contribution in [3.05, 3.63) is 50.3 Å². The van der Waals surface area contributed by atoms with Crippen LogP contribution in [0.1, 0.15) is 29.3 Å². The van der Waals surface area contributed by atoms with Gasteiger partial charge < -0.3 is 10.6 Å². The number of Topliss-reactive ketones (excluding diaryl/α,β-unsaturated/α-hetero) is 1. The Morgan fingerprint density at radius 2 is 1.87 bits per heavy atom. The average Bonchev–Trinajstić information content (AvgIpc) is 2.71. The summed E-state index contributed by atoms with van der Waals surface area (Å²) in [5, 5.41) is 0. The van der Waals surface area contributed by atoms with Gasteiger partial charge in [-0.3, -0.25) is 24.0 Å². The highest BCUT2D eigenvalue weighted by molar-refractivity contribution is 6.01. The Labute approximate surface area is 175 Å². The van der Waals surface area contributed by atoms with Crippen LogP contribution in [0.25, 0.3) is 0 Å². The summed E-state index contributed by atoms with van der Waals surface area (Å²) in [6.45, 7) is 3.84. The Hall–Kier alpha value is -3.15. The van der Waals surface area contributed by atoms with Gasteiger partial charge in [-0.2, -0.15) is 13.2 Å². The third kappa shape index (κ3) is 4.95. The SMILES string of the molecule is CCCn1c(N)c(C(=O)CN2CCN(c3ccc(C(F)(F)F)cn3)CC2)c(=O)[nH]c1=O. The van der Waals surface area contributed by atoms with Gasteiger partial charge in [0.15, 0.2) is 5.78 Å². The van der Waals surface area contributed by atoms with Gasteiger partial charge in [-0.25, -0.2) is 9.78 Å². The van der Waals surface area contributed by atoms with Crippen LogP contribution in [0, 0.1) is 0 Å². The quantitative estimate of drug-likeness (QED) is 0.642. The Morgan fingerprint density at radius 3 is 2.42 bits per heavy atom. The lowest BCUT2D eigenvalue weighted by Gasteiger charge is -2.35. The smallest absolute Gasteiger partial charge is 0.384 e. The number of hydrogen-bond acceptors (Lipinski definition) is 7. The number of pyridine rings is 1. The van der Waals surface area contributed by atoms with Gasteiger partial charge in [-0.1, -0.05) is 6.92 Å². The number of hydrogen-bond donors (Lipinski definition) is 2. The van der Waals surface area contributed by atoms with Gasteiger partial charge >= 0.3 is 11.9 Å². The molecule has 9 nitrogen and oxygen atoms in total. The molecule has 1 fully saturated rings. The zero-order valence-corrected chi connectivity index (χ0v) is 16.9. The van der Waals surface area contributed by atoms with Gasteiger partial charge in [-0.15, -0.1) is 0 Å². The fraction of sp³-hybridized carbons (Fsp3) is 0.474. The molecule has 12 heteroatoms. The molecule has 0 spiro atoms. The number of aromatic amines is 1. The molecule has 3 heterocycles. The van der Waals surface area contributed by atoms with Crippen molar-refractivity contribution in [2.45, 2.75) is 26.1 Å². The van der Waals surface area contributed by atoms with Crippen LogP contribution in [0.5, 0.6) is 0 Å². The van der Waals surface area contributed by atoms with Gasteiger partial charge in [0.1, 0.15) is 17.2 Å². The summed E-state index contributed by atoms with van der Waals surface area (Å²) < 4.78 is 39.2. The van der Waals surface area contributed by atoms with E-state index in [1.54, 1.807) is 0 Å². The van der Waals surface area contributed by atoms with Crippen LogP contribution in [-0.4, -0.2) is 57.9 Å². The molecule has 31 heavy (non-hydrogen) atoms. The predicted octanol–water partition coefficient (Wildman–Crippen LogP) is 0.948. The minimum Gasteiger partial charge on any atom is -0.384 e. The van der Waals surface area contributed by atoms with Crippen molar-refractivity contribution in [3.63, 3.8) is 0 Å². The van der Waals surface area contributed by atoms with E-state index in [0.717, 1.165) is 12.3 Å². The Bertz CT molecular complexity index is 1050. The van der Waals surface area contributed by atoms with Crippen molar-refractivity contribution in [2.24, 2.45) is 0 Å². The highest BCUT2D eigenvalue weighted by Crippen LogP contribution is 2.29. The maximum atomic E-state index is 12.7. The van der Waals surface area contributed by atoms with Crippen LogP contribution < -0.4 is 21.9 Å². The van der Waals surface area contributed by atoms with E-state index in [-0.39, 0.29) is 24.5 Å². The van der Waals surface area contributed by atoms with Gasteiger partial charge in [0.2, 0.25) is 0 Å². The number of halogens is 3. The van der Waals surface area contributed by atoms with Gasteiger partial charge in [0.25, 0.3) is 5.56 Å². The predicted molar refractivity (Wildman–Crippen MR) is 108 cm³/mol. The highest BCUT2D eigenvalue weighted by atomic mass is 19.4. The first-order chi connectivity index (χ1) is 14.6. The molecule has 0 radical (unpaired) electrons. The Kier molecular flexibility index (Phi) is 6.48. The number of aromatic nitrogens is 3. The van der Waals surface area contributed by atoms with Gasteiger partial charge in [0, 0.05) is 38.9 Å². The van der Waals surface area contributed by atoms with Crippen LogP contribution >= 0.6 is 0 Å². The Morgan fingerprint density at radius 1 is 1.19 bits per heavy atom. The van der Waals surface area contributed by atoms with E-state index in [4.69, 9.17) is 5.73 Å². The summed E-state index contributed by atoms with van der Waals surface area (Å²) in [6, 6.07) is 2.30. The minimum absolute atomic E-state index is 0.0636. The molecule has 0 saturated carbocycles. The summed E-state index contributed by atoms with van der Waals surface area (Å²) in [5.41, 5.74) is 3.41. The molecule has 2 aromatic rings. The van der Waals surface area contributed by atoms with E-state index in [9.17, 15) is 27.6 Å². The maximum absolute atomic E-state index is 12.7. The number of nitrogens with zero attached hydrogens (tertiary/aromatic N) is 4. The summed E-state index contributed by atoms with van der Waals surface area (Å²) in [5.74, 6) is -0.218. The highest BCUT2D eigenvalue weighted by Gasteiger charge is 2.31. The molecular formula is C19H23F3N6O3. The number of carbonyl (C=O) groups is 1. The molecule has 0 atom stereocenters. The second kappa shape index (κ2) is 8.92. The number of ketones is 1. The monoisotopic (exact) mass is 440 g/mol. The molecule has 3 N–H and O–H groups in total. The molecule has 3 rings (SSSR count). The van der Waals surface area contributed by atoms with Crippen molar-refractivity contribution in [1.29, 1.82) is 0 Å². The van der Waals surface area contributed by atoms with Crippen LogP contribution in [0.4, 0.5) is 24.8 Å². The first-order valence-electron chi connectivity index (χ1n) is 9.78. The van der Waals surface area contributed by atoms with Crippen molar-refractivity contribution in [3.8, 4) is 0 Å². The van der Waals surface area contributed by atoms with Gasteiger partial charge in [-0.05, 0) is 18.6 Å². The number of nitrogen functional groups attached to an aromatic ring is 1. The van der Waals surface area contributed by atoms with E-state index >= 15 is 0 Å². The van der Waals surface area contributed by atoms with Crippen molar-refractivity contribution in [2.75, 3.05) is 43.4 Å². The van der Waals surface area contributed by atoms with Crippen molar-refractivity contribution in [1.82, 2.24) is 19.4 Å². The van der Waals surface area contributed by atoms with Crippen LogP contribution in [0.3, 0.4) is 0 Å². The lowest BCUT2D eigenvalue weighted by Crippen LogP contribution is -2.49. The number of anilines is 2. The minimum atomic E-state index is -4.44. The van der Waals surface area contributed by atoms with Crippen molar-refractivity contribution >= 4 is 17.4 Å². The van der Waals surface area contributed by atoms with Crippen LogP contribution in [-0.2, 0) is 12.7 Å². The first-order valence-corrected chi connectivity index (χ1v) is 9.78. The van der Waals surface area contributed by atoms with Crippen LogP contribution in [0.2, 0.25) is 0 Å². The molecule has 0 unspecified atom stereocenters. The number of rotatable bonds is 6. The fourth-order valence-electron chi connectivity index (χ4n) is 3.46. The van der Waals surface area contributed by atoms with E-state index < -0.39 is 28.8 Å². The normalized spacial score (nSPS) is 15.3. The van der Waals surface area contributed by atoms with Gasteiger partial charge in [0.05, 0.1) is 12.1 Å². The lowest BCUT2D eigenvalue weighted by atomic mass is 10.1. The fourth-order valence-corrected chi connectivity index (χ4v) is 3.46. The molecule has 0 aliphatic carbocycles. The van der Waals surface area contributed by atoms with Crippen LogP contribution in [0.15, 0.2) is 27.9 Å². The Balaban J connectivity index is 1.65. The first kappa shape index (κ1) is 22.5. The second-order valence-electron chi connectivity index (χ2n) is 7.26. The molecule has 1 aliphatic rings. The summed E-state index contributed by atoms with van der Waals surface area (Å²) in [6.07, 6.45) is -3.04. The van der Waals surface area contributed by atoms with E-state index in [2.05, 4.69) is 9.97 Å². The summed E-state index contributed by atoms with van der Waals surface area (Å²) in [4.78, 5) is 46.4. The summed E-state index contributed by atoms with van der Waals surface area (Å²) in [7, 11) is 0. The molecular weight excluding hydrogens is 417 g/mol. The molecule has 0 amide bonds. The molecule has 1 aliphatic heterocycles. The van der Waals surface area contributed by atoms with E-state index in [0.29, 0.717) is 38.4 Å². The molecule has 2 aromatic heterocycles. The third-order valence-electron chi connectivity index (χ3n) is 5.10. The van der Waals surface area contributed by atoms with Crippen molar-refractivity contribution < 1.29 is 18.0 Å². The number of H-pyrrole nitrogens is 1. The third-order valence-corrected chi connectivity index (χ3v) is 5.10. The number of nitrogens with one attached hydrogen (secondary N) is 1. The molecule has 1 saturated heterocycles. The second-order valence-corrected chi connectivity index (χ2v) is 7.26. The van der Waals surface area contributed by atoms with E-state index in [1.807, 2.05) is 16.7 Å². The lowest BCUT2D eigenvalue weighted by molar-refractivity contribution is -0.137. The summed E-state index contributed by atoms with van der Waals surface area (Å²) >= 11 is 0. The zero-order valence-electron chi connectivity index (χ0n) is 16.9. The number of carbonyl (C=O) groups excluding carboxylic acids is 1. The number of alkyl halides is 3. The molecule has 0 aromatic carbocycles. The van der Waals surface area contributed by atoms with E-state index in [1.165, 1.54) is 10.6 Å². The largest absolute Gasteiger partial charge is 0.417 e. The zero-order chi connectivity index (χ0) is 22.8. The number of piperazine rings is 1. The standard InChI is InChI=1S/C19H23F3N6O3/c1-2-5-28-16(23)15(17(30)25-18(28)31)13(29)11-26-6-8-27(9-7-26)14-4-3-12(10-24-14)19(20,21)22/h3-4,10H,2,5-9,11,23H2,1H3,(H,25,30,31). The molecule has 0 bridgehead atoms. The average molecular weight is 440 g/mol.